The van der Waals surface area contributed by atoms with Gasteiger partial charge < -0.3 is 14.6 Å². The molecule has 1 aliphatic heterocycles. The standard InChI is InChI=1S/C15H27N3O2S/c1-7-21-10(2)13-17-12(19-18-13)9-16-11-8-14(3,4)20-15(11,5)6/h10-11,16H,7-9H2,1-6H3/t10-,11+/m0/s1. The largest absolute Gasteiger partial charge is 0.368 e. The summed E-state index contributed by atoms with van der Waals surface area (Å²) in [4.78, 5) is 4.47. The number of nitrogens with zero attached hydrogens (tertiary/aromatic N) is 2. The maximum absolute atomic E-state index is 6.08. The van der Waals surface area contributed by atoms with Gasteiger partial charge in [0.05, 0.1) is 23.0 Å². The highest BCUT2D eigenvalue weighted by atomic mass is 32.2. The number of aromatic nitrogens is 2. The first kappa shape index (κ1) is 16.8. The second kappa shape index (κ2) is 6.26. The van der Waals surface area contributed by atoms with Gasteiger partial charge in [-0.15, -0.1) is 0 Å². The number of hydrogen-bond acceptors (Lipinski definition) is 6. The summed E-state index contributed by atoms with van der Waals surface area (Å²) in [7, 11) is 0. The minimum Gasteiger partial charge on any atom is -0.368 e. The van der Waals surface area contributed by atoms with Crippen molar-refractivity contribution in [2.24, 2.45) is 0 Å². The van der Waals surface area contributed by atoms with E-state index in [4.69, 9.17) is 9.26 Å². The normalized spacial score (nSPS) is 25.1. The van der Waals surface area contributed by atoms with Crippen LogP contribution < -0.4 is 5.32 Å². The Hall–Kier alpha value is -0.590. The van der Waals surface area contributed by atoms with E-state index in [2.05, 4.69) is 57.0 Å². The number of rotatable bonds is 6. The van der Waals surface area contributed by atoms with Crippen LogP contribution >= 0.6 is 11.8 Å². The average Bonchev–Trinajstić information content (AvgIpc) is 2.89. The second-order valence-electron chi connectivity index (χ2n) is 6.75. The summed E-state index contributed by atoms with van der Waals surface area (Å²) in [6.45, 7) is 13.3. The molecule has 0 bridgehead atoms. The van der Waals surface area contributed by atoms with E-state index < -0.39 is 0 Å². The Bertz CT molecular complexity index is 473. The molecule has 0 unspecified atom stereocenters. The molecule has 1 N–H and O–H groups in total. The first-order valence-corrected chi connectivity index (χ1v) is 8.66. The fraction of sp³-hybridized carbons (Fsp3) is 0.867. The van der Waals surface area contributed by atoms with E-state index in [-0.39, 0.29) is 22.5 Å². The predicted molar refractivity (Wildman–Crippen MR) is 85.3 cm³/mol. The minimum atomic E-state index is -0.183. The van der Waals surface area contributed by atoms with Gasteiger partial charge in [-0.3, -0.25) is 0 Å². The summed E-state index contributed by atoms with van der Waals surface area (Å²) in [5, 5.41) is 7.84. The van der Waals surface area contributed by atoms with E-state index in [1.807, 2.05) is 11.8 Å². The summed E-state index contributed by atoms with van der Waals surface area (Å²) in [6.07, 6.45) is 0.975. The Kier molecular flexibility index (Phi) is 5.00. The number of hydrogen-bond donors (Lipinski definition) is 1. The minimum absolute atomic E-state index is 0.0898. The van der Waals surface area contributed by atoms with Crippen LogP contribution in [0.3, 0.4) is 0 Å². The molecule has 2 atom stereocenters. The van der Waals surface area contributed by atoms with Crippen LogP contribution in [-0.4, -0.2) is 33.1 Å². The molecule has 1 saturated heterocycles. The van der Waals surface area contributed by atoms with Crippen LogP contribution in [0.4, 0.5) is 0 Å². The Morgan fingerprint density at radius 3 is 2.67 bits per heavy atom. The number of ether oxygens (including phenoxy) is 1. The molecule has 0 amide bonds. The highest BCUT2D eigenvalue weighted by molar-refractivity contribution is 7.99. The van der Waals surface area contributed by atoms with Gasteiger partial charge in [0.2, 0.25) is 5.89 Å². The van der Waals surface area contributed by atoms with E-state index in [1.54, 1.807) is 0 Å². The van der Waals surface area contributed by atoms with Crippen molar-refractivity contribution in [2.75, 3.05) is 5.75 Å². The van der Waals surface area contributed by atoms with Crippen LogP contribution in [0.15, 0.2) is 4.52 Å². The van der Waals surface area contributed by atoms with E-state index in [9.17, 15) is 0 Å². The van der Waals surface area contributed by atoms with E-state index in [0.717, 1.165) is 18.0 Å². The van der Waals surface area contributed by atoms with Crippen LogP contribution in [0, 0.1) is 0 Å². The summed E-state index contributed by atoms with van der Waals surface area (Å²) in [5.41, 5.74) is -0.273. The number of thioether (sulfide) groups is 1. The number of nitrogens with one attached hydrogen (secondary N) is 1. The molecule has 2 heterocycles. The third-order valence-electron chi connectivity index (χ3n) is 3.84. The third-order valence-corrected chi connectivity index (χ3v) is 4.88. The van der Waals surface area contributed by atoms with Gasteiger partial charge in [-0.25, -0.2) is 0 Å². The van der Waals surface area contributed by atoms with Crippen molar-refractivity contribution in [1.82, 2.24) is 15.5 Å². The fourth-order valence-corrected chi connectivity index (χ4v) is 3.67. The highest BCUT2D eigenvalue weighted by Gasteiger charge is 2.45. The second-order valence-corrected chi connectivity index (χ2v) is 8.36. The Balaban J connectivity index is 1.92. The van der Waals surface area contributed by atoms with Crippen LogP contribution in [-0.2, 0) is 11.3 Å². The van der Waals surface area contributed by atoms with E-state index in [1.165, 1.54) is 0 Å². The molecule has 0 saturated carbocycles. The molecular weight excluding hydrogens is 286 g/mol. The first-order valence-electron chi connectivity index (χ1n) is 7.61. The van der Waals surface area contributed by atoms with E-state index in [0.29, 0.717) is 12.4 Å². The molecule has 2 rings (SSSR count). The molecule has 0 aliphatic carbocycles. The molecule has 1 fully saturated rings. The monoisotopic (exact) mass is 313 g/mol. The quantitative estimate of drug-likeness (QED) is 0.869. The topological polar surface area (TPSA) is 60.2 Å². The van der Waals surface area contributed by atoms with Gasteiger partial charge in [-0.05, 0) is 46.8 Å². The lowest BCUT2D eigenvalue weighted by molar-refractivity contribution is -0.0700. The van der Waals surface area contributed by atoms with Crippen LogP contribution in [0.2, 0.25) is 0 Å². The third kappa shape index (κ3) is 4.20. The molecule has 120 valence electrons. The van der Waals surface area contributed by atoms with Crippen molar-refractivity contribution in [3.05, 3.63) is 11.7 Å². The lowest BCUT2D eigenvalue weighted by Crippen LogP contribution is -2.43. The maximum Gasteiger partial charge on any atom is 0.240 e. The molecule has 21 heavy (non-hydrogen) atoms. The SMILES string of the molecule is CCS[C@@H](C)c1noc(CN[C@@H]2CC(C)(C)OC2(C)C)n1. The molecule has 0 radical (unpaired) electrons. The molecule has 0 aromatic carbocycles. The van der Waals surface area contributed by atoms with Crippen molar-refractivity contribution in [2.45, 2.75) is 77.0 Å². The molecule has 1 aromatic heterocycles. The van der Waals surface area contributed by atoms with Crippen molar-refractivity contribution < 1.29 is 9.26 Å². The molecule has 1 aliphatic rings. The fourth-order valence-electron chi connectivity index (χ4n) is 2.92. The van der Waals surface area contributed by atoms with E-state index >= 15 is 0 Å². The van der Waals surface area contributed by atoms with Gasteiger partial charge in [0, 0.05) is 6.04 Å². The lowest BCUT2D eigenvalue weighted by Gasteiger charge is -2.27. The van der Waals surface area contributed by atoms with Crippen molar-refractivity contribution >= 4 is 11.8 Å². The van der Waals surface area contributed by atoms with Gasteiger partial charge in [0.1, 0.15) is 0 Å². The average molecular weight is 313 g/mol. The molecule has 0 spiro atoms. The molecular formula is C15H27N3O2S. The summed E-state index contributed by atoms with van der Waals surface area (Å²) in [6, 6.07) is 0.283. The van der Waals surface area contributed by atoms with Gasteiger partial charge >= 0.3 is 0 Å². The maximum atomic E-state index is 6.08. The van der Waals surface area contributed by atoms with Gasteiger partial charge in [0.15, 0.2) is 5.82 Å². The first-order chi connectivity index (χ1) is 9.73. The van der Waals surface area contributed by atoms with Gasteiger partial charge in [0.25, 0.3) is 0 Å². The lowest BCUT2D eigenvalue weighted by atomic mass is 9.94. The van der Waals surface area contributed by atoms with Crippen LogP contribution in [0.5, 0.6) is 0 Å². The summed E-state index contributed by atoms with van der Waals surface area (Å²) in [5.74, 6) is 2.47. The summed E-state index contributed by atoms with van der Waals surface area (Å²) >= 11 is 1.82. The molecule has 6 heteroatoms. The van der Waals surface area contributed by atoms with Crippen molar-refractivity contribution in [3.63, 3.8) is 0 Å². The van der Waals surface area contributed by atoms with Crippen molar-refractivity contribution in [3.8, 4) is 0 Å². The predicted octanol–water partition coefficient (Wildman–Crippen LogP) is 3.32. The van der Waals surface area contributed by atoms with Gasteiger partial charge in [-0.1, -0.05) is 12.1 Å². The zero-order valence-electron chi connectivity index (χ0n) is 13.9. The molecule has 1 aromatic rings. The zero-order chi connectivity index (χ0) is 15.7. The summed E-state index contributed by atoms with van der Waals surface area (Å²) < 4.78 is 11.4. The Labute approximate surface area is 131 Å². The highest BCUT2D eigenvalue weighted by Crippen LogP contribution is 2.37. The Morgan fingerprint density at radius 1 is 1.38 bits per heavy atom. The Morgan fingerprint density at radius 2 is 2.10 bits per heavy atom. The van der Waals surface area contributed by atoms with Crippen LogP contribution in [0.25, 0.3) is 0 Å². The smallest absolute Gasteiger partial charge is 0.240 e. The zero-order valence-corrected chi connectivity index (χ0v) is 14.7. The van der Waals surface area contributed by atoms with Gasteiger partial charge in [-0.2, -0.15) is 16.7 Å². The molecule has 5 nitrogen and oxygen atoms in total. The van der Waals surface area contributed by atoms with Crippen molar-refractivity contribution in [1.29, 1.82) is 0 Å². The van der Waals surface area contributed by atoms with Crippen LogP contribution in [0.1, 0.15) is 64.9 Å².